The second-order valence-electron chi connectivity index (χ2n) is 0.912. The first kappa shape index (κ1) is 8.39. The molecule has 7 heavy (non-hydrogen) atoms. The molecule has 0 radical (unpaired) electrons. The lowest BCUT2D eigenvalue weighted by Crippen LogP contribution is -2.08. The van der Waals surface area contributed by atoms with Gasteiger partial charge in [0.2, 0.25) is 0 Å². The summed E-state index contributed by atoms with van der Waals surface area (Å²) in [5.74, 6) is 0. The van der Waals surface area contributed by atoms with Crippen molar-refractivity contribution in [1.82, 2.24) is 3.53 Å². The van der Waals surface area contributed by atoms with Gasteiger partial charge in [0.25, 0.3) is 0 Å². The quantitative estimate of drug-likeness (QED) is 0.466. The van der Waals surface area contributed by atoms with Crippen LogP contribution in [0.5, 0.6) is 0 Å². The minimum absolute atomic E-state index is 0.556. The zero-order valence-corrected chi connectivity index (χ0v) is 8.06. The number of hydrogen-bond acceptors (Lipinski definition) is 3. The summed E-state index contributed by atoms with van der Waals surface area (Å²) < 4.78 is 3.65. The van der Waals surface area contributed by atoms with E-state index in [1.807, 2.05) is 23.5 Å². The Hall–Kier alpha value is 1.39. The van der Waals surface area contributed by atoms with Gasteiger partial charge in [0.15, 0.2) is 0 Å². The van der Waals surface area contributed by atoms with Gasteiger partial charge in [-0.2, -0.15) is 0 Å². The van der Waals surface area contributed by atoms with E-state index in [2.05, 4.69) is 38.9 Å². The lowest BCUT2D eigenvalue weighted by Gasteiger charge is -2.05. The molecule has 0 bridgehead atoms. The molecule has 0 fully saturated rings. The van der Waals surface area contributed by atoms with E-state index in [4.69, 9.17) is 0 Å². The highest BCUT2D eigenvalue weighted by atomic mass is 127. The number of thioether (sulfide) groups is 2. The molecule has 0 aromatic heterocycles. The Morgan fingerprint density at radius 3 is 1.86 bits per heavy atom. The van der Waals surface area contributed by atoms with Gasteiger partial charge in [-0.3, -0.25) is 0 Å². The molecule has 1 N–H and O–H groups in total. The van der Waals surface area contributed by atoms with E-state index >= 15 is 0 Å². The van der Waals surface area contributed by atoms with Crippen molar-refractivity contribution in [2.45, 2.75) is 4.71 Å². The Balaban J connectivity index is 2.99. The summed E-state index contributed by atoms with van der Waals surface area (Å²) in [4.78, 5) is 0. The molecule has 0 aliphatic heterocycles. The highest BCUT2D eigenvalue weighted by molar-refractivity contribution is 14.1. The van der Waals surface area contributed by atoms with E-state index in [1.54, 1.807) is 0 Å². The van der Waals surface area contributed by atoms with E-state index < -0.39 is 0 Å². The zero-order valence-electron chi connectivity index (χ0n) is 4.27. The average Bonchev–Trinajstić information content (AvgIpc) is 1.72. The Morgan fingerprint density at radius 1 is 1.43 bits per heavy atom. The Bertz CT molecular complexity index is 34.4. The van der Waals surface area contributed by atoms with Gasteiger partial charge in [-0.15, -0.1) is 23.5 Å². The maximum absolute atomic E-state index is 3.10. The van der Waals surface area contributed by atoms with Crippen LogP contribution < -0.4 is 3.53 Å². The molecule has 0 spiro atoms. The third-order valence-electron chi connectivity index (χ3n) is 0.517. The van der Waals surface area contributed by atoms with Crippen LogP contribution in [-0.2, 0) is 0 Å². The molecule has 44 valence electrons. The minimum atomic E-state index is 0.556. The molecule has 0 saturated heterocycles. The highest BCUT2D eigenvalue weighted by Crippen LogP contribution is 2.15. The van der Waals surface area contributed by atoms with E-state index in [-0.39, 0.29) is 0 Å². The standard InChI is InChI=1S/C3H8INS2/c1-6-3(5-4)7-2/h3,5H,1-2H3. The van der Waals surface area contributed by atoms with Crippen LogP contribution in [0.1, 0.15) is 0 Å². The summed E-state index contributed by atoms with van der Waals surface area (Å²) >= 11 is 5.79. The predicted octanol–water partition coefficient (Wildman–Crippen LogP) is 1.94. The summed E-state index contributed by atoms with van der Waals surface area (Å²) in [5, 5.41) is 0. The van der Waals surface area contributed by atoms with Gasteiger partial charge in [-0.05, 0) is 12.5 Å². The van der Waals surface area contributed by atoms with Gasteiger partial charge in [0.05, 0.1) is 0 Å². The van der Waals surface area contributed by atoms with Crippen molar-refractivity contribution in [3.63, 3.8) is 0 Å². The lowest BCUT2D eigenvalue weighted by molar-refractivity contribution is 1.23. The largest absolute Gasteiger partial charge is 0.239 e. The summed E-state index contributed by atoms with van der Waals surface area (Å²) in [6.07, 6.45) is 4.18. The fraction of sp³-hybridized carbons (Fsp3) is 1.00. The molecular weight excluding hydrogens is 241 g/mol. The van der Waals surface area contributed by atoms with Crippen molar-refractivity contribution in [3.8, 4) is 0 Å². The SMILES string of the molecule is CSC(NI)SC. The van der Waals surface area contributed by atoms with Crippen molar-refractivity contribution < 1.29 is 0 Å². The first-order chi connectivity index (χ1) is 3.35. The topological polar surface area (TPSA) is 12.0 Å². The smallest absolute Gasteiger partial charge is 0.108 e. The monoisotopic (exact) mass is 249 g/mol. The van der Waals surface area contributed by atoms with E-state index in [0.717, 1.165) is 0 Å². The molecular formula is C3H8INS2. The van der Waals surface area contributed by atoms with Crippen molar-refractivity contribution in [1.29, 1.82) is 0 Å². The molecule has 0 amide bonds. The number of nitrogens with one attached hydrogen (secondary N) is 1. The first-order valence-electron chi connectivity index (χ1n) is 1.77. The number of hydrogen-bond donors (Lipinski definition) is 1. The van der Waals surface area contributed by atoms with E-state index in [9.17, 15) is 0 Å². The van der Waals surface area contributed by atoms with Gasteiger partial charge in [0.1, 0.15) is 4.71 Å². The highest BCUT2D eigenvalue weighted by Gasteiger charge is 1.96. The van der Waals surface area contributed by atoms with Crippen LogP contribution in [0.3, 0.4) is 0 Å². The van der Waals surface area contributed by atoms with Crippen LogP contribution >= 0.6 is 46.4 Å². The molecule has 0 aromatic carbocycles. The van der Waals surface area contributed by atoms with Crippen molar-refractivity contribution in [2.24, 2.45) is 0 Å². The second kappa shape index (κ2) is 5.53. The average molecular weight is 249 g/mol. The molecule has 4 heteroatoms. The number of halogens is 1. The van der Waals surface area contributed by atoms with Crippen LogP contribution in [-0.4, -0.2) is 17.2 Å². The van der Waals surface area contributed by atoms with Crippen molar-refractivity contribution >= 4 is 46.4 Å². The van der Waals surface area contributed by atoms with E-state index in [0.29, 0.717) is 4.71 Å². The molecule has 0 aliphatic rings. The molecule has 0 aromatic rings. The van der Waals surface area contributed by atoms with Gasteiger partial charge in [-0.25, -0.2) is 3.53 Å². The lowest BCUT2D eigenvalue weighted by atomic mass is 11.5. The third kappa shape index (κ3) is 3.93. The summed E-state index contributed by atoms with van der Waals surface area (Å²) in [6.45, 7) is 0. The maximum Gasteiger partial charge on any atom is 0.108 e. The predicted molar refractivity (Wildman–Crippen MR) is 48.0 cm³/mol. The van der Waals surface area contributed by atoms with Gasteiger partial charge < -0.3 is 0 Å². The van der Waals surface area contributed by atoms with Crippen LogP contribution in [0.4, 0.5) is 0 Å². The summed E-state index contributed by atoms with van der Waals surface area (Å²) in [7, 11) is 0. The normalized spacial score (nSPS) is 10.3. The minimum Gasteiger partial charge on any atom is -0.239 e. The van der Waals surface area contributed by atoms with Crippen LogP contribution in [0, 0.1) is 0 Å². The third-order valence-corrected chi connectivity index (χ3v) is 4.23. The van der Waals surface area contributed by atoms with E-state index in [1.165, 1.54) is 0 Å². The Morgan fingerprint density at radius 2 is 1.86 bits per heavy atom. The molecule has 0 aliphatic carbocycles. The molecule has 1 nitrogen and oxygen atoms in total. The second-order valence-corrected chi connectivity index (χ2v) is 3.72. The summed E-state index contributed by atoms with van der Waals surface area (Å²) in [6, 6.07) is 0. The first-order valence-corrected chi connectivity index (χ1v) is 5.42. The van der Waals surface area contributed by atoms with Gasteiger partial charge in [0, 0.05) is 22.9 Å². The molecule has 0 saturated carbocycles. The molecule has 0 unspecified atom stereocenters. The van der Waals surface area contributed by atoms with Gasteiger partial charge in [-0.1, -0.05) is 0 Å². The zero-order chi connectivity index (χ0) is 5.70. The van der Waals surface area contributed by atoms with Crippen LogP contribution in [0.15, 0.2) is 0 Å². The molecule has 0 atom stereocenters. The summed E-state index contributed by atoms with van der Waals surface area (Å²) in [5.41, 5.74) is 0. The van der Waals surface area contributed by atoms with Crippen molar-refractivity contribution in [2.75, 3.05) is 12.5 Å². The Kier molecular flexibility index (Phi) is 6.62. The van der Waals surface area contributed by atoms with Crippen molar-refractivity contribution in [3.05, 3.63) is 0 Å². The fourth-order valence-electron chi connectivity index (χ4n) is 0.185. The fourth-order valence-corrected chi connectivity index (χ4v) is 2.66. The van der Waals surface area contributed by atoms with Crippen LogP contribution in [0.25, 0.3) is 0 Å². The van der Waals surface area contributed by atoms with Crippen LogP contribution in [0.2, 0.25) is 0 Å². The van der Waals surface area contributed by atoms with Gasteiger partial charge >= 0.3 is 0 Å². The maximum atomic E-state index is 3.10. The number of rotatable bonds is 3. The molecule has 0 rings (SSSR count). The molecule has 0 heterocycles. The Labute approximate surface area is 66.9 Å².